The van der Waals surface area contributed by atoms with Crippen LogP contribution in [-0.4, -0.2) is 61.1 Å². The van der Waals surface area contributed by atoms with Gasteiger partial charge in [-0.25, -0.2) is 4.98 Å². The number of carbonyl (C=O) groups is 1. The van der Waals surface area contributed by atoms with E-state index in [4.69, 9.17) is 14.5 Å². The second-order valence-corrected chi connectivity index (χ2v) is 8.80. The Balaban J connectivity index is 1.58. The molecule has 2 aromatic carbocycles. The van der Waals surface area contributed by atoms with Crippen LogP contribution in [0.2, 0.25) is 0 Å². The van der Waals surface area contributed by atoms with E-state index in [-0.39, 0.29) is 11.6 Å². The van der Waals surface area contributed by atoms with Gasteiger partial charge in [-0.1, -0.05) is 11.3 Å². The minimum absolute atomic E-state index is 0.00826. The molecule has 1 aliphatic heterocycles. The smallest absolute Gasteiger partial charge is 0.269 e. The Morgan fingerprint density at radius 3 is 2.52 bits per heavy atom. The molecule has 0 fully saturated rings. The SMILES string of the molecule is CN(C)CCCN(C(=O)/C=C\c1ccc([N+](=O)[O-])cc1)c1nc2cc3c(cc2s1)OCCO3. The van der Waals surface area contributed by atoms with Crippen LogP contribution in [0.1, 0.15) is 12.0 Å². The number of hydrogen-bond acceptors (Lipinski definition) is 8. The van der Waals surface area contributed by atoms with Crippen LogP contribution < -0.4 is 14.4 Å². The Morgan fingerprint density at radius 1 is 1.15 bits per heavy atom. The molecule has 0 bridgehead atoms. The Hall–Kier alpha value is -3.50. The lowest BCUT2D eigenvalue weighted by molar-refractivity contribution is -0.384. The third kappa shape index (κ3) is 5.47. The normalized spacial score (nSPS) is 13.1. The fourth-order valence-corrected chi connectivity index (χ4v) is 4.39. The number of thiazole rings is 1. The van der Waals surface area contributed by atoms with E-state index in [1.54, 1.807) is 23.1 Å². The summed E-state index contributed by atoms with van der Waals surface area (Å²) in [5, 5.41) is 11.4. The number of anilines is 1. The molecule has 1 amide bonds. The maximum Gasteiger partial charge on any atom is 0.269 e. The highest BCUT2D eigenvalue weighted by Gasteiger charge is 2.20. The van der Waals surface area contributed by atoms with Crippen LogP contribution >= 0.6 is 11.3 Å². The maximum absolute atomic E-state index is 13.1. The molecular formula is C23H24N4O5S. The number of aromatic nitrogens is 1. The molecule has 0 saturated heterocycles. The number of rotatable bonds is 8. The molecule has 0 atom stereocenters. The summed E-state index contributed by atoms with van der Waals surface area (Å²) in [6, 6.07) is 9.80. The van der Waals surface area contributed by atoms with E-state index in [1.807, 2.05) is 26.2 Å². The number of non-ortho nitro benzene ring substituents is 1. The van der Waals surface area contributed by atoms with E-state index in [2.05, 4.69) is 4.90 Å². The lowest BCUT2D eigenvalue weighted by Crippen LogP contribution is -2.32. The Labute approximate surface area is 195 Å². The topological polar surface area (TPSA) is 98.0 Å². The first kappa shape index (κ1) is 22.7. The second kappa shape index (κ2) is 9.97. The third-order valence-electron chi connectivity index (χ3n) is 5.05. The highest BCUT2D eigenvalue weighted by molar-refractivity contribution is 7.22. The molecule has 0 aliphatic carbocycles. The Kier molecular flexibility index (Phi) is 6.85. The van der Waals surface area contributed by atoms with Gasteiger partial charge in [-0.15, -0.1) is 0 Å². The van der Waals surface area contributed by atoms with E-state index in [0.717, 1.165) is 23.2 Å². The van der Waals surface area contributed by atoms with Crippen LogP contribution in [0.15, 0.2) is 42.5 Å². The average Bonchev–Trinajstić information content (AvgIpc) is 3.21. The van der Waals surface area contributed by atoms with Crippen LogP contribution in [0, 0.1) is 10.1 Å². The predicted molar refractivity (Wildman–Crippen MR) is 128 cm³/mol. The zero-order chi connectivity index (χ0) is 23.4. The molecule has 0 spiro atoms. The zero-order valence-electron chi connectivity index (χ0n) is 18.4. The van der Waals surface area contributed by atoms with Crippen molar-refractivity contribution in [1.82, 2.24) is 9.88 Å². The van der Waals surface area contributed by atoms with Crippen molar-refractivity contribution in [3.05, 3.63) is 58.2 Å². The lowest BCUT2D eigenvalue weighted by atomic mass is 10.2. The van der Waals surface area contributed by atoms with Crippen LogP contribution in [0.3, 0.4) is 0 Å². The van der Waals surface area contributed by atoms with Gasteiger partial charge < -0.3 is 14.4 Å². The molecule has 9 nitrogen and oxygen atoms in total. The Bertz CT molecular complexity index is 1150. The van der Waals surface area contributed by atoms with E-state index in [0.29, 0.717) is 42.0 Å². The van der Waals surface area contributed by atoms with Crippen molar-refractivity contribution < 1.29 is 19.2 Å². The molecule has 0 saturated carbocycles. The largest absolute Gasteiger partial charge is 0.486 e. The summed E-state index contributed by atoms with van der Waals surface area (Å²) < 4.78 is 12.2. The van der Waals surface area contributed by atoms with Crippen LogP contribution in [-0.2, 0) is 4.79 Å². The van der Waals surface area contributed by atoms with Gasteiger partial charge >= 0.3 is 0 Å². The Morgan fingerprint density at radius 2 is 1.85 bits per heavy atom. The minimum atomic E-state index is -0.452. The highest BCUT2D eigenvalue weighted by atomic mass is 32.1. The molecule has 0 N–H and O–H groups in total. The molecule has 3 aromatic rings. The molecule has 1 aliphatic rings. The van der Waals surface area contributed by atoms with Gasteiger partial charge in [-0.05, 0) is 50.8 Å². The highest BCUT2D eigenvalue weighted by Crippen LogP contribution is 2.38. The monoisotopic (exact) mass is 468 g/mol. The fourth-order valence-electron chi connectivity index (χ4n) is 3.38. The van der Waals surface area contributed by atoms with Crippen LogP contribution in [0.25, 0.3) is 16.3 Å². The molecule has 10 heteroatoms. The quantitative estimate of drug-likeness (QED) is 0.280. The molecule has 4 rings (SSSR count). The molecule has 172 valence electrons. The number of benzene rings is 2. The fraction of sp³-hybridized carbons (Fsp3) is 0.304. The second-order valence-electron chi connectivity index (χ2n) is 7.79. The van der Waals surface area contributed by atoms with E-state index in [1.165, 1.54) is 29.5 Å². The first-order valence-corrected chi connectivity index (χ1v) is 11.3. The lowest BCUT2D eigenvalue weighted by Gasteiger charge is -2.19. The van der Waals surface area contributed by atoms with Crippen molar-refractivity contribution in [3.63, 3.8) is 0 Å². The summed E-state index contributed by atoms with van der Waals surface area (Å²) in [6.07, 6.45) is 3.90. The summed E-state index contributed by atoms with van der Waals surface area (Å²) in [5.41, 5.74) is 1.46. The number of ether oxygens (including phenoxy) is 2. The molecule has 0 radical (unpaired) electrons. The van der Waals surface area contributed by atoms with Gasteiger partial charge in [0.1, 0.15) is 13.2 Å². The first-order valence-electron chi connectivity index (χ1n) is 10.5. The van der Waals surface area contributed by atoms with E-state index >= 15 is 0 Å². The van der Waals surface area contributed by atoms with Gasteiger partial charge in [-0.3, -0.25) is 19.8 Å². The summed E-state index contributed by atoms with van der Waals surface area (Å²) in [4.78, 5) is 31.9. The van der Waals surface area contributed by atoms with E-state index < -0.39 is 4.92 Å². The summed E-state index contributed by atoms with van der Waals surface area (Å²) in [7, 11) is 3.98. The maximum atomic E-state index is 13.1. The van der Waals surface area contributed by atoms with Crippen molar-refractivity contribution in [2.75, 3.05) is 45.3 Å². The number of nitro benzene ring substituents is 1. The molecule has 33 heavy (non-hydrogen) atoms. The van der Waals surface area contributed by atoms with E-state index in [9.17, 15) is 14.9 Å². The van der Waals surface area contributed by atoms with Gasteiger partial charge in [0.25, 0.3) is 11.6 Å². The number of amides is 1. The van der Waals surface area contributed by atoms with Crippen molar-refractivity contribution in [3.8, 4) is 11.5 Å². The average molecular weight is 469 g/mol. The van der Waals surface area contributed by atoms with Gasteiger partial charge in [0.15, 0.2) is 16.6 Å². The number of nitrogens with zero attached hydrogens (tertiary/aromatic N) is 4. The van der Waals surface area contributed by atoms with Crippen molar-refractivity contribution >= 4 is 44.4 Å². The van der Waals surface area contributed by atoms with Gasteiger partial charge in [0.2, 0.25) is 0 Å². The number of hydrogen-bond donors (Lipinski definition) is 0. The molecule has 0 unspecified atom stereocenters. The summed E-state index contributed by atoms with van der Waals surface area (Å²) in [5.74, 6) is 1.14. The van der Waals surface area contributed by atoms with Crippen molar-refractivity contribution in [1.29, 1.82) is 0 Å². The zero-order valence-corrected chi connectivity index (χ0v) is 19.2. The number of carbonyl (C=O) groups excluding carboxylic acids is 1. The summed E-state index contributed by atoms with van der Waals surface area (Å²) >= 11 is 1.43. The van der Waals surface area contributed by atoms with Crippen molar-refractivity contribution in [2.24, 2.45) is 0 Å². The molecule has 2 heterocycles. The minimum Gasteiger partial charge on any atom is -0.486 e. The predicted octanol–water partition coefficient (Wildman–Crippen LogP) is 3.97. The standard InChI is InChI=1S/C23H24N4O5S/c1-25(2)10-3-11-26(22(28)9-6-16-4-7-17(8-5-16)27(29)30)23-24-18-14-19-20(15-21(18)33-23)32-13-12-31-19/h4-9,14-15H,3,10-13H2,1-2H3/b9-6-. The number of nitro groups is 1. The van der Waals surface area contributed by atoms with Crippen LogP contribution in [0.5, 0.6) is 11.5 Å². The summed E-state index contributed by atoms with van der Waals surface area (Å²) in [6.45, 7) is 2.34. The van der Waals surface area contributed by atoms with Gasteiger partial charge in [-0.2, -0.15) is 0 Å². The van der Waals surface area contributed by atoms with Gasteiger partial charge in [0, 0.05) is 36.9 Å². The van der Waals surface area contributed by atoms with Crippen LogP contribution in [0.4, 0.5) is 10.8 Å². The molecular weight excluding hydrogens is 444 g/mol. The number of fused-ring (bicyclic) bond motifs is 2. The molecule has 1 aromatic heterocycles. The van der Waals surface area contributed by atoms with Crippen molar-refractivity contribution in [2.45, 2.75) is 6.42 Å². The third-order valence-corrected chi connectivity index (χ3v) is 6.09. The van der Waals surface area contributed by atoms with Gasteiger partial charge in [0.05, 0.1) is 15.1 Å². The first-order chi connectivity index (χ1) is 15.9.